The van der Waals surface area contributed by atoms with Gasteiger partial charge in [-0.1, -0.05) is 47.5 Å². The Labute approximate surface area is 207 Å². The van der Waals surface area contributed by atoms with Gasteiger partial charge in [-0.15, -0.1) is 6.58 Å². The van der Waals surface area contributed by atoms with Crippen LogP contribution in [0.4, 0.5) is 5.69 Å². The van der Waals surface area contributed by atoms with Gasteiger partial charge >= 0.3 is 0 Å². The Bertz CT molecular complexity index is 1230. The predicted octanol–water partition coefficient (Wildman–Crippen LogP) is 7.26. The number of nitrogens with zero attached hydrogens (tertiary/aromatic N) is 1. The van der Waals surface area contributed by atoms with Crippen LogP contribution in [0.15, 0.2) is 83.4 Å². The molecule has 0 aliphatic heterocycles. The average Bonchev–Trinajstić information content (AvgIpc) is 2.79. The molecule has 0 saturated carbocycles. The van der Waals surface area contributed by atoms with Crippen LogP contribution in [0, 0.1) is 18.3 Å². The van der Waals surface area contributed by atoms with E-state index in [-0.39, 0.29) is 5.57 Å². The first-order chi connectivity index (χ1) is 15.9. The van der Waals surface area contributed by atoms with Gasteiger partial charge in [-0.05, 0) is 88.4 Å². The van der Waals surface area contributed by atoms with E-state index in [4.69, 9.17) is 16.3 Å². The number of nitriles is 1. The van der Waals surface area contributed by atoms with Crippen LogP contribution in [0.2, 0.25) is 5.02 Å². The fourth-order valence-electron chi connectivity index (χ4n) is 3.11. The molecule has 1 N–H and O–H groups in total. The molecule has 0 fully saturated rings. The van der Waals surface area contributed by atoms with E-state index < -0.39 is 5.91 Å². The Hall–Kier alpha value is -3.33. The molecule has 6 heteroatoms. The van der Waals surface area contributed by atoms with Crippen LogP contribution in [-0.4, -0.2) is 5.91 Å². The molecular formula is C27H22BrClN2O2. The number of ether oxygens (including phenoxy) is 1. The molecule has 0 saturated heterocycles. The standard InChI is InChI=1S/C27H22BrClN2O2/c1-3-4-21-13-20(14-22(16-30)27(32)31-24-11-5-18(2)6-12-24)15-25(28)26(21)33-17-19-7-9-23(29)10-8-19/h3,5-15H,1,4,17H2,2H3,(H,31,32)/b22-14-. The smallest absolute Gasteiger partial charge is 0.266 e. The second-order valence-corrected chi connectivity index (χ2v) is 8.68. The zero-order chi connectivity index (χ0) is 23.8. The number of carbonyl (C=O) groups excluding carboxylic acids is 1. The van der Waals surface area contributed by atoms with Crippen molar-refractivity contribution in [3.63, 3.8) is 0 Å². The Balaban J connectivity index is 1.84. The highest BCUT2D eigenvalue weighted by atomic mass is 79.9. The van der Waals surface area contributed by atoms with Crippen LogP contribution in [-0.2, 0) is 17.8 Å². The number of carbonyl (C=O) groups is 1. The third kappa shape index (κ3) is 6.82. The summed E-state index contributed by atoms with van der Waals surface area (Å²) in [6, 6.07) is 20.5. The molecule has 3 aromatic rings. The van der Waals surface area contributed by atoms with Crippen molar-refractivity contribution in [3.8, 4) is 11.8 Å². The summed E-state index contributed by atoms with van der Waals surface area (Å²) in [7, 11) is 0. The number of allylic oxidation sites excluding steroid dienone is 1. The van der Waals surface area contributed by atoms with Crippen LogP contribution < -0.4 is 10.1 Å². The van der Waals surface area contributed by atoms with Crippen molar-refractivity contribution >= 4 is 45.2 Å². The van der Waals surface area contributed by atoms with Gasteiger partial charge in [0, 0.05) is 10.7 Å². The highest BCUT2D eigenvalue weighted by Gasteiger charge is 2.13. The van der Waals surface area contributed by atoms with Crippen LogP contribution >= 0.6 is 27.5 Å². The van der Waals surface area contributed by atoms with Gasteiger partial charge in [0.15, 0.2) is 0 Å². The lowest BCUT2D eigenvalue weighted by atomic mass is 10.0. The molecule has 166 valence electrons. The fraction of sp³-hybridized carbons (Fsp3) is 0.111. The minimum absolute atomic E-state index is 0.00172. The molecule has 3 aromatic carbocycles. The summed E-state index contributed by atoms with van der Waals surface area (Å²) in [5, 5.41) is 13.0. The minimum atomic E-state index is -0.467. The van der Waals surface area contributed by atoms with Crippen LogP contribution in [0.5, 0.6) is 5.75 Å². The van der Waals surface area contributed by atoms with Crippen molar-refractivity contribution in [2.45, 2.75) is 20.0 Å². The third-order valence-corrected chi connectivity index (χ3v) is 5.63. The van der Waals surface area contributed by atoms with Gasteiger partial charge in [-0.3, -0.25) is 4.79 Å². The molecule has 3 rings (SSSR count). The Morgan fingerprint density at radius 1 is 1.18 bits per heavy atom. The molecule has 0 heterocycles. The van der Waals surface area contributed by atoms with E-state index in [2.05, 4.69) is 27.8 Å². The number of amides is 1. The molecule has 33 heavy (non-hydrogen) atoms. The lowest BCUT2D eigenvalue weighted by Crippen LogP contribution is -2.13. The summed E-state index contributed by atoms with van der Waals surface area (Å²) in [6.45, 7) is 6.16. The maximum absolute atomic E-state index is 12.6. The molecule has 0 unspecified atom stereocenters. The Morgan fingerprint density at radius 2 is 1.88 bits per heavy atom. The quantitative estimate of drug-likeness (QED) is 0.193. The van der Waals surface area contributed by atoms with Crippen molar-refractivity contribution in [1.82, 2.24) is 0 Å². The number of halogens is 2. The molecule has 1 amide bonds. The van der Waals surface area contributed by atoms with Gasteiger partial charge in [0.25, 0.3) is 5.91 Å². The van der Waals surface area contributed by atoms with Crippen molar-refractivity contribution < 1.29 is 9.53 Å². The first-order valence-electron chi connectivity index (χ1n) is 10.2. The van der Waals surface area contributed by atoms with Gasteiger partial charge in [-0.2, -0.15) is 5.26 Å². The number of rotatable bonds is 8. The second kappa shape index (κ2) is 11.5. The lowest BCUT2D eigenvalue weighted by Gasteiger charge is -2.14. The molecule has 0 aromatic heterocycles. The molecule has 0 atom stereocenters. The van der Waals surface area contributed by atoms with E-state index in [1.54, 1.807) is 24.3 Å². The largest absolute Gasteiger partial charge is 0.487 e. The Morgan fingerprint density at radius 3 is 2.52 bits per heavy atom. The maximum Gasteiger partial charge on any atom is 0.266 e. The maximum atomic E-state index is 12.6. The number of nitrogens with one attached hydrogen (secondary N) is 1. The number of hydrogen-bond donors (Lipinski definition) is 1. The van der Waals surface area contributed by atoms with Crippen LogP contribution in [0.25, 0.3) is 6.08 Å². The molecular weight excluding hydrogens is 500 g/mol. The molecule has 0 aliphatic rings. The monoisotopic (exact) mass is 520 g/mol. The molecule has 4 nitrogen and oxygen atoms in total. The summed E-state index contributed by atoms with van der Waals surface area (Å²) >= 11 is 9.52. The normalized spacial score (nSPS) is 10.9. The lowest BCUT2D eigenvalue weighted by molar-refractivity contribution is -0.112. The first kappa shape index (κ1) is 24.3. The van der Waals surface area contributed by atoms with Gasteiger partial charge in [-0.25, -0.2) is 0 Å². The fourth-order valence-corrected chi connectivity index (χ4v) is 3.87. The highest BCUT2D eigenvalue weighted by Crippen LogP contribution is 2.33. The van der Waals surface area contributed by atoms with Crippen LogP contribution in [0.1, 0.15) is 22.3 Å². The van der Waals surface area contributed by atoms with E-state index in [9.17, 15) is 10.1 Å². The first-order valence-corrected chi connectivity index (χ1v) is 11.4. The van der Waals surface area contributed by atoms with Crippen molar-refractivity contribution in [3.05, 3.63) is 111 Å². The van der Waals surface area contributed by atoms with Crippen molar-refractivity contribution in [2.75, 3.05) is 5.32 Å². The van der Waals surface area contributed by atoms with Gasteiger partial charge in [0.2, 0.25) is 0 Å². The van der Waals surface area contributed by atoms with E-state index >= 15 is 0 Å². The minimum Gasteiger partial charge on any atom is -0.487 e. The van der Waals surface area contributed by atoms with Gasteiger partial charge in [0.1, 0.15) is 24.0 Å². The summed E-state index contributed by atoms with van der Waals surface area (Å²) in [5.74, 6) is 0.218. The highest BCUT2D eigenvalue weighted by molar-refractivity contribution is 9.10. The summed E-state index contributed by atoms with van der Waals surface area (Å²) in [4.78, 5) is 12.6. The third-order valence-electron chi connectivity index (χ3n) is 4.79. The zero-order valence-corrected chi connectivity index (χ0v) is 20.4. The average molecular weight is 522 g/mol. The summed E-state index contributed by atoms with van der Waals surface area (Å²) in [5.41, 5.74) is 4.29. The number of benzene rings is 3. The molecule has 0 aliphatic carbocycles. The summed E-state index contributed by atoms with van der Waals surface area (Å²) in [6.07, 6.45) is 3.90. The number of hydrogen-bond acceptors (Lipinski definition) is 3. The molecule has 0 bridgehead atoms. The summed E-state index contributed by atoms with van der Waals surface area (Å²) < 4.78 is 6.79. The van der Waals surface area contributed by atoms with E-state index in [0.717, 1.165) is 21.2 Å². The molecule has 0 radical (unpaired) electrons. The van der Waals surface area contributed by atoms with E-state index in [1.807, 2.05) is 61.5 Å². The predicted molar refractivity (Wildman–Crippen MR) is 137 cm³/mol. The van der Waals surface area contributed by atoms with Crippen molar-refractivity contribution in [1.29, 1.82) is 5.26 Å². The number of anilines is 1. The van der Waals surface area contributed by atoms with Gasteiger partial charge in [0.05, 0.1) is 4.47 Å². The van der Waals surface area contributed by atoms with E-state index in [1.165, 1.54) is 0 Å². The topological polar surface area (TPSA) is 62.1 Å². The second-order valence-electron chi connectivity index (χ2n) is 7.39. The van der Waals surface area contributed by atoms with Gasteiger partial charge < -0.3 is 10.1 Å². The Kier molecular flexibility index (Phi) is 8.48. The number of aryl methyl sites for hydroxylation is 1. The van der Waals surface area contributed by atoms with Crippen LogP contribution in [0.3, 0.4) is 0 Å². The SMILES string of the molecule is C=CCc1cc(/C=C(/C#N)C(=O)Nc2ccc(C)cc2)cc(Br)c1OCc1ccc(Cl)cc1. The molecule has 0 spiro atoms. The van der Waals surface area contributed by atoms with E-state index in [0.29, 0.717) is 35.1 Å². The zero-order valence-electron chi connectivity index (χ0n) is 18.1. The van der Waals surface area contributed by atoms with Crippen molar-refractivity contribution in [2.24, 2.45) is 0 Å².